The summed E-state index contributed by atoms with van der Waals surface area (Å²) in [5, 5.41) is 3.40. The quantitative estimate of drug-likeness (QED) is 0.217. The highest BCUT2D eigenvalue weighted by Crippen LogP contribution is 2.43. The van der Waals surface area contributed by atoms with E-state index in [0.717, 1.165) is 5.56 Å². The third kappa shape index (κ3) is 5.00. The summed E-state index contributed by atoms with van der Waals surface area (Å²) in [7, 11) is 3.38. The van der Waals surface area contributed by atoms with Gasteiger partial charge >= 0.3 is 0 Å². The van der Waals surface area contributed by atoms with Crippen LogP contribution in [-0.4, -0.2) is 21.6 Å². The molecule has 182 valence electrons. The highest BCUT2D eigenvalue weighted by Gasteiger charge is 2.25. The van der Waals surface area contributed by atoms with Crippen LogP contribution in [0.1, 0.15) is 11.1 Å². The minimum Gasteiger partial charge on any atom is -0.454 e. The number of aromatic nitrogens is 3. The molecule has 0 saturated heterocycles. The fraction of sp³-hybridized carbons (Fsp3) is 0.167. The molecule has 0 bridgehead atoms. The van der Waals surface area contributed by atoms with Crippen LogP contribution < -0.4 is 25.1 Å². The van der Waals surface area contributed by atoms with Crippen molar-refractivity contribution in [1.82, 2.24) is 19.3 Å². The van der Waals surface area contributed by atoms with Crippen LogP contribution in [0.2, 0.25) is 5.02 Å². The first-order chi connectivity index (χ1) is 16.8. The number of nitrogens with zero attached hydrogens (tertiary/aromatic N) is 2. The average molecular weight is 515 g/mol. The molecule has 2 heterocycles. The van der Waals surface area contributed by atoms with Crippen molar-refractivity contribution in [2.75, 3.05) is 17.1 Å². The number of halogens is 2. The summed E-state index contributed by atoms with van der Waals surface area (Å²) in [6.45, 7) is 3.46. The summed E-state index contributed by atoms with van der Waals surface area (Å²) in [4.78, 5) is 20.6. The largest absolute Gasteiger partial charge is 0.454 e. The molecule has 0 aliphatic rings. The molecule has 0 saturated carbocycles. The van der Waals surface area contributed by atoms with Gasteiger partial charge in [0.2, 0.25) is 0 Å². The number of H-pyrrole nitrogens is 1. The fourth-order valence-electron chi connectivity index (χ4n) is 3.54. The van der Waals surface area contributed by atoms with Crippen molar-refractivity contribution in [3.63, 3.8) is 0 Å². The van der Waals surface area contributed by atoms with Crippen LogP contribution in [0.4, 0.5) is 21.6 Å². The van der Waals surface area contributed by atoms with Gasteiger partial charge in [-0.05, 0) is 50.7 Å². The van der Waals surface area contributed by atoms with E-state index in [2.05, 4.69) is 24.7 Å². The first-order valence-electron chi connectivity index (χ1n) is 10.6. The minimum atomic E-state index is -0.449. The maximum atomic E-state index is 14.7. The fourth-order valence-corrected chi connectivity index (χ4v) is 4.19. The lowest BCUT2D eigenvalue weighted by Gasteiger charge is -2.21. The Hall–Kier alpha value is -3.47. The second-order valence-corrected chi connectivity index (χ2v) is 8.91. The van der Waals surface area contributed by atoms with Crippen molar-refractivity contribution < 1.29 is 9.13 Å². The molecule has 0 aliphatic heterocycles. The summed E-state index contributed by atoms with van der Waals surface area (Å²) in [5.41, 5.74) is 2.09. The highest BCUT2D eigenvalue weighted by atomic mass is 35.5. The van der Waals surface area contributed by atoms with E-state index in [1.807, 2.05) is 0 Å². The van der Waals surface area contributed by atoms with Crippen LogP contribution in [0, 0.1) is 19.7 Å². The Kier molecular flexibility index (Phi) is 7.34. The first-order valence-corrected chi connectivity index (χ1v) is 11.8. The molecule has 0 radical (unpaired) electrons. The van der Waals surface area contributed by atoms with E-state index in [1.54, 1.807) is 70.7 Å². The molecule has 2 aromatic heterocycles. The number of aromatic amines is 1. The van der Waals surface area contributed by atoms with Gasteiger partial charge in [-0.25, -0.2) is 14.1 Å². The van der Waals surface area contributed by atoms with E-state index in [1.165, 1.54) is 22.8 Å². The molecule has 2 aromatic carbocycles. The van der Waals surface area contributed by atoms with Gasteiger partial charge in [-0.3, -0.25) is 9.36 Å². The lowest BCUT2D eigenvalue weighted by atomic mass is 10.1. The Bertz CT molecular complexity index is 1420. The third-order valence-electron chi connectivity index (χ3n) is 5.32. The van der Waals surface area contributed by atoms with Crippen LogP contribution in [0.15, 0.2) is 53.6 Å². The molecule has 4 N–H and O–H groups in total. The number of rotatable bonds is 8. The molecular formula is C24H24ClFN6O2S. The zero-order valence-electron chi connectivity index (χ0n) is 19.5. The van der Waals surface area contributed by atoms with Gasteiger partial charge in [0.05, 0.1) is 16.9 Å². The van der Waals surface area contributed by atoms with E-state index >= 15 is 0 Å². The number of ether oxygens (including phenoxy) is 1. The Labute approximate surface area is 211 Å². The number of pyridine rings is 1. The molecular weight excluding hydrogens is 491 g/mol. The van der Waals surface area contributed by atoms with Gasteiger partial charge in [-0.1, -0.05) is 23.7 Å². The van der Waals surface area contributed by atoms with E-state index < -0.39 is 5.82 Å². The number of aryl methyl sites for hydroxylation is 1. The second-order valence-electron chi connectivity index (χ2n) is 7.72. The average Bonchev–Trinajstić information content (AvgIpc) is 3.37. The van der Waals surface area contributed by atoms with Gasteiger partial charge in [0.1, 0.15) is 33.8 Å². The SMILES string of the molecule is CNSNc1cccc(Oc2c(-c3ncc[nH]3)c(Nc3ccc(C)cc3F)n(C)c(=O)c2C)c1Cl. The molecule has 4 aromatic rings. The number of hydrogen-bond acceptors (Lipinski definition) is 7. The zero-order chi connectivity index (χ0) is 25.1. The number of benzene rings is 2. The molecule has 4 rings (SSSR count). The van der Waals surface area contributed by atoms with Crippen LogP contribution in [0.25, 0.3) is 11.4 Å². The van der Waals surface area contributed by atoms with E-state index in [9.17, 15) is 9.18 Å². The Morgan fingerprint density at radius 1 is 1.20 bits per heavy atom. The maximum absolute atomic E-state index is 14.7. The molecule has 35 heavy (non-hydrogen) atoms. The van der Waals surface area contributed by atoms with E-state index in [-0.39, 0.29) is 17.0 Å². The number of hydrogen-bond donors (Lipinski definition) is 4. The van der Waals surface area contributed by atoms with Gasteiger partial charge < -0.3 is 19.8 Å². The topological polar surface area (TPSA) is 96.0 Å². The smallest absolute Gasteiger partial charge is 0.258 e. The minimum absolute atomic E-state index is 0.210. The normalized spacial score (nSPS) is 10.9. The maximum Gasteiger partial charge on any atom is 0.258 e. The summed E-state index contributed by atoms with van der Waals surface area (Å²) in [5.74, 6) is 0.882. The van der Waals surface area contributed by atoms with Crippen molar-refractivity contribution in [2.45, 2.75) is 13.8 Å². The Balaban J connectivity index is 1.90. The zero-order valence-corrected chi connectivity index (χ0v) is 21.1. The summed E-state index contributed by atoms with van der Waals surface area (Å²) in [6, 6.07) is 10.1. The number of anilines is 3. The monoisotopic (exact) mass is 514 g/mol. The van der Waals surface area contributed by atoms with E-state index in [0.29, 0.717) is 39.2 Å². The van der Waals surface area contributed by atoms with Crippen LogP contribution in [0.3, 0.4) is 0 Å². The molecule has 8 nitrogen and oxygen atoms in total. The summed E-state index contributed by atoms with van der Waals surface area (Å²) < 4.78 is 28.4. The summed E-state index contributed by atoms with van der Waals surface area (Å²) >= 11 is 7.85. The Morgan fingerprint density at radius 3 is 2.69 bits per heavy atom. The number of nitrogens with one attached hydrogen (secondary N) is 4. The molecule has 0 unspecified atom stereocenters. The third-order valence-corrected chi connectivity index (χ3v) is 6.23. The highest BCUT2D eigenvalue weighted by molar-refractivity contribution is 7.98. The van der Waals surface area contributed by atoms with Gasteiger partial charge in [0.25, 0.3) is 5.56 Å². The number of imidazole rings is 1. The molecule has 0 aliphatic carbocycles. The standard InChI is InChI=1S/C24H24ClFN6O2S/c1-13-8-9-16(15(26)12-13)30-23-19(22-28-10-11-29-22)21(14(2)24(33)32(23)4)34-18-7-5-6-17(20(18)25)31-35-27-3/h5-12,27,30-31H,1-4H3,(H,28,29). The predicted octanol–water partition coefficient (Wildman–Crippen LogP) is 5.92. The lowest BCUT2D eigenvalue weighted by Crippen LogP contribution is -2.24. The molecule has 0 spiro atoms. The van der Waals surface area contributed by atoms with Gasteiger partial charge in [0, 0.05) is 31.6 Å². The molecule has 0 fully saturated rings. The van der Waals surface area contributed by atoms with Crippen molar-refractivity contribution >= 4 is 40.9 Å². The Morgan fingerprint density at radius 2 is 2.00 bits per heavy atom. The van der Waals surface area contributed by atoms with Crippen molar-refractivity contribution in [2.24, 2.45) is 7.05 Å². The van der Waals surface area contributed by atoms with Crippen LogP contribution >= 0.6 is 23.7 Å². The van der Waals surface area contributed by atoms with Crippen LogP contribution in [-0.2, 0) is 7.05 Å². The molecule has 11 heteroatoms. The van der Waals surface area contributed by atoms with Gasteiger partial charge in [-0.15, -0.1) is 0 Å². The van der Waals surface area contributed by atoms with Crippen molar-refractivity contribution in [3.05, 3.63) is 81.1 Å². The van der Waals surface area contributed by atoms with Gasteiger partial charge in [-0.2, -0.15) is 0 Å². The first kappa shape index (κ1) is 24.6. The van der Waals surface area contributed by atoms with Crippen LogP contribution in [0.5, 0.6) is 11.5 Å². The molecule has 0 amide bonds. The predicted molar refractivity (Wildman–Crippen MR) is 140 cm³/mol. The molecule has 0 atom stereocenters. The van der Waals surface area contributed by atoms with Crippen molar-refractivity contribution in [1.29, 1.82) is 0 Å². The summed E-state index contributed by atoms with van der Waals surface area (Å²) in [6.07, 6.45) is 3.24. The van der Waals surface area contributed by atoms with Crippen molar-refractivity contribution in [3.8, 4) is 22.9 Å². The van der Waals surface area contributed by atoms with E-state index in [4.69, 9.17) is 16.3 Å². The van der Waals surface area contributed by atoms with Gasteiger partial charge in [0.15, 0.2) is 5.75 Å². The second kappa shape index (κ2) is 10.4. The lowest BCUT2D eigenvalue weighted by molar-refractivity contribution is 0.478.